The molecule has 0 unspecified atom stereocenters. The van der Waals surface area contributed by atoms with Crippen LogP contribution in [0.1, 0.15) is 88.0 Å². The molecule has 0 saturated carbocycles. The molecule has 43 heavy (non-hydrogen) atoms. The molecular weight excluding hydrogens is 597 g/mol. The van der Waals surface area contributed by atoms with Crippen LogP contribution in [0.3, 0.4) is 0 Å². The van der Waals surface area contributed by atoms with Crippen LogP contribution in [0.15, 0.2) is 0 Å². The van der Waals surface area contributed by atoms with Gasteiger partial charge in [-0.3, -0.25) is 4.79 Å². The Labute approximate surface area is 265 Å². The fourth-order valence-electron chi connectivity index (χ4n) is 6.96. The fraction of sp³-hybridized carbons (Fsp3) is 0.969. The van der Waals surface area contributed by atoms with Gasteiger partial charge in [-0.1, -0.05) is 62.3 Å². The molecule has 0 aliphatic carbocycles. The molecule has 3 aliphatic rings. The summed E-state index contributed by atoms with van der Waals surface area (Å²) in [5.41, 5.74) is 0. The first kappa shape index (κ1) is 37.3. The largest absolute Gasteiger partial charge is 0.481 e. The van der Waals surface area contributed by atoms with Gasteiger partial charge in [0.15, 0.2) is 25.0 Å². The van der Waals surface area contributed by atoms with Crippen LogP contribution in [0.4, 0.5) is 0 Å². The molecular formula is C32H64O8Si3. The van der Waals surface area contributed by atoms with Crippen molar-refractivity contribution in [1.82, 2.24) is 0 Å². The quantitative estimate of drug-likeness (QED) is 0.168. The van der Waals surface area contributed by atoms with E-state index in [0.29, 0.717) is 6.61 Å². The molecule has 0 aromatic rings. The number of fused-ring (bicyclic) bond motifs is 2. The Morgan fingerprint density at radius 3 is 1.77 bits per heavy atom. The van der Waals surface area contributed by atoms with Crippen LogP contribution in [0, 0.1) is 0 Å². The second-order valence-electron chi connectivity index (χ2n) is 14.7. The normalized spacial score (nSPS) is 32.0. The number of hydrogen-bond donors (Lipinski definition) is 1. The summed E-state index contributed by atoms with van der Waals surface area (Å²) >= 11 is 0. The van der Waals surface area contributed by atoms with Crippen LogP contribution < -0.4 is 0 Å². The zero-order valence-corrected chi connectivity index (χ0v) is 32.2. The van der Waals surface area contributed by atoms with Gasteiger partial charge in [-0.05, 0) is 73.7 Å². The number of carbonyl (C=O) groups is 1. The second kappa shape index (κ2) is 15.2. The Morgan fingerprint density at radius 1 is 0.767 bits per heavy atom. The minimum absolute atomic E-state index is 0.0711. The zero-order chi connectivity index (χ0) is 32.2. The predicted molar refractivity (Wildman–Crippen MR) is 179 cm³/mol. The zero-order valence-electron chi connectivity index (χ0n) is 29.2. The lowest BCUT2D eigenvalue weighted by molar-refractivity contribution is -0.255. The molecule has 8 nitrogen and oxygen atoms in total. The summed E-state index contributed by atoms with van der Waals surface area (Å²) in [6.45, 7) is 25.5. The van der Waals surface area contributed by atoms with E-state index in [0.717, 1.165) is 55.5 Å². The lowest BCUT2D eigenvalue weighted by atomic mass is 9.88. The molecule has 3 saturated heterocycles. The molecule has 11 heteroatoms. The van der Waals surface area contributed by atoms with Gasteiger partial charge in [-0.2, -0.15) is 0 Å². The molecule has 8 atom stereocenters. The third kappa shape index (κ3) is 8.43. The van der Waals surface area contributed by atoms with Gasteiger partial charge in [0.05, 0.1) is 24.7 Å². The summed E-state index contributed by atoms with van der Waals surface area (Å²) in [6, 6.07) is 6.01. The Balaban J connectivity index is 1.90. The molecule has 0 amide bonds. The van der Waals surface area contributed by atoms with Crippen LogP contribution in [0.2, 0.25) is 54.4 Å². The monoisotopic (exact) mass is 660 g/mol. The van der Waals surface area contributed by atoms with E-state index in [1.54, 1.807) is 0 Å². The van der Waals surface area contributed by atoms with Gasteiger partial charge in [0.1, 0.15) is 30.5 Å². The summed E-state index contributed by atoms with van der Waals surface area (Å²) in [5.74, 6) is -0.874. The van der Waals surface area contributed by atoms with Crippen molar-refractivity contribution in [3.05, 3.63) is 0 Å². The highest BCUT2D eigenvalue weighted by Gasteiger charge is 2.60. The summed E-state index contributed by atoms with van der Waals surface area (Å²) in [4.78, 5) is 12.0. The molecule has 3 rings (SSSR count). The maximum Gasteiger partial charge on any atom is 0.306 e. The van der Waals surface area contributed by atoms with Crippen LogP contribution in [-0.2, 0) is 32.3 Å². The number of aliphatic carboxylic acids is 1. The predicted octanol–water partition coefficient (Wildman–Crippen LogP) is 7.74. The topological polar surface area (TPSA) is 92.7 Å². The van der Waals surface area contributed by atoms with E-state index in [-0.39, 0.29) is 42.0 Å². The fourth-order valence-corrected chi connectivity index (χ4v) is 13.7. The lowest BCUT2D eigenvalue weighted by Gasteiger charge is -2.51. The number of hydrogen-bond acceptors (Lipinski definition) is 7. The van der Waals surface area contributed by atoms with Crippen molar-refractivity contribution in [2.45, 2.75) is 191 Å². The Morgan fingerprint density at radius 2 is 1.28 bits per heavy atom. The molecule has 0 bridgehead atoms. The van der Waals surface area contributed by atoms with Crippen molar-refractivity contribution in [2.75, 3.05) is 6.61 Å². The maximum atomic E-state index is 12.0. The van der Waals surface area contributed by atoms with Crippen LogP contribution >= 0.6 is 0 Å². The number of carboxylic acid groups (broad SMARTS) is 1. The van der Waals surface area contributed by atoms with E-state index in [1.165, 1.54) is 0 Å². The molecule has 3 fully saturated rings. The van der Waals surface area contributed by atoms with Gasteiger partial charge < -0.3 is 32.6 Å². The summed E-state index contributed by atoms with van der Waals surface area (Å²) in [5, 5.41) is 10.0. The van der Waals surface area contributed by atoms with E-state index < -0.39 is 49.2 Å². The lowest BCUT2D eigenvalue weighted by Crippen LogP contribution is -2.65. The van der Waals surface area contributed by atoms with Crippen LogP contribution in [0.5, 0.6) is 0 Å². The SMILES string of the molecule is CC[Si](CC)(CC)O[C@@H]1[C@@H]2O[C@H](CC(=O)O)[C@H](O[Si](CC)(CC)CC)[C@@H]2O[C@H]2CC[C@H](CCO[Si](C)(C)C(C)(C)C)O[C@H]12. The molecule has 0 spiro atoms. The van der Waals surface area contributed by atoms with Crippen LogP contribution in [-0.4, -0.2) is 91.5 Å². The second-order valence-corrected chi connectivity index (χ2v) is 29.0. The average Bonchev–Trinajstić information content (AvgIpc) is 3.29. The molecule has 3 heterocycles. The van der Waals surface area contributed by atoms with Crippen molar-refractivity contribution in [3.63, 3.8) is 0 Å². The number of carboxylic acids is 1. The highest BCUT2D eigenvalue weighted by molar-refractivity contribution is 6.74. The van der Waals surface area contributed by atoms with E-state index in [1.807, 2.05) is 0 Å². The van der Waals surface area contributed by atoms with E-state index in [9.17, 15) is 9.90 Å². The number of ether oxygens (including phenoxy) is 3. The molecule has 0 aromatic heterocycles. The minimum atomic E-state index is -2.07. The summed E-state index contributed by atoms with van der Waals surface area (Å²) in [7, 11) is -5.97. The first-order chi connectivity index (χ1) is 20.1. The molecule has 252 valence electrons. The van der Waals surface area contributed by atoms with E-state index >= 15 is 0 Å². The van der Waals surface area contributed by atoms with E-state index in [2.05, 4.69) is 75.4 Å². The molecule has 0 aromatic carbocycles. The third-order valence-corrected chi connectivity index (χ3v) is 25.4. The average molecular weight is 661 g/mol. The number of rotatable bonds is 16. The van der Waals surface area contributed by atoms with Gasteiger partial charge in [0.25, 0.3) is 0 Å². The van der Waals surface area contributed by atoms with E-state index in [4.69, 9.17) is 27.5 Å². The van der Waals surface area contributed by atoms with Crippen molar-refractivity contribution >= 4 is 30.9 Å². The van der Waals surface area contributed by atoms with Crippen molar-refractivity contribution in [1.29, 1.82) is 0 Å². The summed E-state index contributed by atoms with van der Waals surface area (Å²) in [6.07, 6.45) is 0.195. The minimum Gasteiger partial charge on any atom is -0.481 e. The van der Waals surface area contributed by atoms with Gasteiger partial charge in [-0.25, -0.2) is 0 Å². The molecule has 0 radical (unpaired) electrons. The van der Waals surface area contributed by atoms with Gasteiger partial charge in [0.2, 0.25) is 0 Å². The molecule has 3 aliphatic heterocycles. The Kier molecular flexibility index (Phi) is 13.2. The third-order valence-electron chi connectivity index (χ3n) is 11.5. The smallest absolute Gasteiger partial charge is 0.306 e. The summed E-state index contributed by atoms with van der Waals surface area (Å²) < 4.78 is 41.3. The van der Waals surface area contributed by atoms with Crippen molar-refractivity contribution in [3.8, 4) is 0 Å². The Bertz CT molecular complexity index is 872. The molecule has 1 N–H and O–H groups in total. The van der Waals surface area contributed by atoms with Crippen molar-refractivity contribution < 1.29 is 37.4 Å². The van der Waals surface area contributed by atoms with Gasteiger partial charge in [-0.15, -0.1) is 0 Å². The van der Waals surface area contributed by atoms with Crippen molar-refractivity contribution in [2.24, 2.45) is 0 Å². The van der Waals surface area contributed by atoms with Crippen LogP contribution in [0.25, 0.3) is 0 Å². The maximum absolute atomic E-state index is 12.0. The first-order valence-electron chi connectivity index (χ1n) is 17.3. The standard InChI is InChI=1S/C32H64O8Si3/c1-12-42(13-2,14-3)39-28-25(22-26(33)34)38-30-29(28)37-24-19-18-23(20-21-35-41(10,11)32(7,8)9)36-27(24)31(30)40-43(15-4,16-5)17-6/h23-25,27-31H,12-22H2,1-11H3,(H,33,34)/t23-,24+,25-,27+,28+,29+,30-,31+/m1/s1. The highest BCUT2D eigenvalue weighted by atomic mass is 28.4. The first-order valence-corrected chi connectivity index (χ1v) is 25.3. The Hall–Kier alpha value is -0.119. The van der Waals surface area contributed by atoms with Gasteiger partial charge in [0, 0.05) is 6.61 Å². The highest BCUT2D eigenvalue weighted by Crippen LogP contribution is 2.45. The van der Waals surface area contributed by atoms with Gasteiger partial charge >= 0.3 is 5.97 Å².